The number of sulfone groups is 1. The van der Waals surface area contributed by atoms with Crippen molar-refractivity contribution in [3.05, 3.63) is 24.0 Å². The van der Waals surface area contributed by atoms with Gasteiger partial charge in [0.15, 0.2) is 9.84 Å². The molecular weight excluding hydrogens is 212 g/mol. The third kappa shape index (κ3) is 3.87. The molecule has 1 aromatic heterocycles. The lowest BCUT2D eigenvalue weighted by Gasteiger charge is -2.05. The second-order valence-electron chi connectivity index (χ2n) is 3.48. The van der Waals surface area contributed by atoms with Gasteiger partial charge in [0.25, 0.3) is 0 Å². The van der Waals surface area contributed by atoms with Crippen molar-refractivity contribution >= 4 is 15.5 Å². The second-order valence-corrected chi connectivity index (χ2v) is 5.78. The minimum Gasteiger partial charge on any atom is -0.398 e. The van der Waals surface area contributed by atoms with Gasteiger partial charge in [-0.15, -0.1) is 0 Å². The summed E-state index contributed by atoms with van der Waals surface area (Å²) in [4.78, 5) is 3.92. The van der Waals surface area contributed by atoms with Gasteiger partial charge in [0.1, 0.15) is 0 Å². The van der Waals surface area contributed by atoms with E-state index in [1.165, 1.54) is 0 Å². The van der Waals surface area contributed by atoms with Gasteiger partial charge in [0.05, 0.1) is 5.75 Å². The molecule has 0 aromatic carbocycles. The van der Waals surface area contributed by atoms with Crippen LogP contribution in [0.5, 0.6) is 0 Å². The van der Waals surface area contributed by atoms with Crippen molar-refractivity contribution in [3.63, 3.8) is 0 Å². The molecule has 0 bridgehead atoms. The van der Waals surface area contributed by atoms with Crippen molar-refractivity contribution in [2.24, 2.45) is 0 Å². The summed E-state index contributed by atoms with van der Waals surface area (Å²) in [6, 6.07) is 1.68. The van der Waals surface area contributed by atoms with E-state index >= 15 is 0 Å². The number of pyridine rings is 1. The molecule has 15 heavy (non-hydrogen) atoms. The molecule has 0 atom stereocenters. The van der Waals surface area contributed by atoms with Crippen LogP contribution in [0.2, 0.25) is 0 Å². The van der Waals surface area contributed by atoms with Crippen LogP contribution in [0.25, 0.3) is 0 Å². The summed E-state index contributed by atoms with van der Waals surface area (Å²) in [6.45, 7) is 1.86. The molecular formula is C10H16N2O2S. The van der Waals surface area contributed by atoms with Crippen LogP contribution >= 0.6 is 0 Å². The van der Waals surface area contributed by atoms with Crippen LogP contribution in [0.4, 0.5) is 5.69 Å². The summed E-state index contributed by atoms with van der Waals surface area (Å²) in [5.41, 5.74) is 7.10. The maximum Gasteiger partial charge on any atom is 0.150 e. The van der Waals surface area contributed by atoms with Gasteiger partial charge in [-0.1, -0.05) is 6.92 Å². The molecule has 0 aliphatic carbocycles. The Morgan fingerprint density at radius 3 is 2.73 bits per heavy atom. The van der Waals surface area contributed by atoms with E-state index in [4.69, 9.17) is 5.73 Å². The van der Waals surface area contributed by atoms with Crippen LogP contribution in [-0.4, -0.2) is 24.9 Å². The first-order valence-corrected chi connectivity index (χ1v) is 6.76. The minimum absolute atomic E-state index is 0.150. The van der Waals surface area contributed by atoms with Gasteiger partial charge in [-0.2, -0.15) is 0 Å². The Labute approximate surface area is 90.4 Å². The van der Waals surface area contributed by atoms with Crippen molar-refractivity contribution in [2.75, 3.05) is 17.2 Å². The average Bonchev–Trinajstić information content (AvgIpc) is 2.16. The van der Waals surface area contributed by atoms with E-state index in [0.29, 0.717) is 18.5 Å². The van der Waals surface area contributed by atoms with Gasteiger partial charge >= 0.3 is 0 Å². The van der Waals surface area contributed by atoms with Gasteiger partial charge in [-0.05, 0) is 24.5 Å². The lowest BCUT2D eigenvalue weighted by molar-refractivity contribution is 0.594. The van der Waals surface area contributed by atoms with Crippen LogP contribution in [0, 0.1) is 0 Å². The molecule has 84 valence electrons. The van der Waals surface area contributed by atoms with Gasteiger partial charge in [0.2, 0.25) is 0 Å². The Morgan fingerprint density at radius 2 is 2.13 bits per heavy atom. The zero-order valence-corrected chi connectivity index (χ0v) is 9.63. The molecule has 0 aliphatic heterocycles. The zero-order chi connectivity index (χ0) is 11.3. The van der Waals surface area contributed by atoms with Crippen molar-refractivity contribution in [1.82, 2.24) is 4.98 Å². The predicted octanol–water partition coefficient (Wildman–Crippen LogP) is 1.03. The smallest absolute Gasteiger partial charge is 0.150 e. The minimum atomic E-state index is -2.93. The summed E-state index contributed by atoms with van der Waals surface area (Å²) in [7, 11) is -2.93. The molecule has 0 saturated carbocycles. The fourth-order valence-electron chi connectivity index (χ4n) is 1.33. The Hall–Kier alpha value is -1.10. The van der Waals surface area contributed by atoms with Crippen molar-refractivity contribution in [1.29, 1.82) is 0 Å². The number of rotatable bonds is 5. The highest BCUT2D eigenvalue weighted by Crippen LogP contribution is 2.10. The normalized spacial score (nSPS) is 11.5. The van der Waals surface area contributed by atoms with Crippen LogP contribution in [0.3, 0.4) is 0 Å². The van der Waals surface area contributed by atoms with E-state index in [2.05, 4.69) is 4.98 Å². The average molecular weight is 228 g/mol. The Balaban J connectivity index is 2.62. The number of aryl methyl sites for hydroxylation is 1. The molecule has 4 nitrogen and oxygen atoms in total. The molecule has 0 spiro atoms. The van der Waals surface area contributed by atoms with E-state index < -0.39 is 9.84 Å². The van der Waals surface area contributed by atoms with Gasteiger partial charge in [-0.3, -0.25) is 4.98 Å². The van der Waals surface area contributed by atoms with Gasteiger partial charge in [0, 0.05) is 23.8 Å². The highest BCUT2D eigenvalue weighted by Gasteiger charge is 2.10. The van der Waals surface area contributed by atoms with Crippen molar-refractivity contribution < 1.29 is 8.42 Å². The number of hydrogen-bond donors (Lipinski definition) is 1. The molecule has 2 N–H and O–H groups in total. The first-order valence-electron chi connectivity index (χ1n) is 4.94. The molecule has 0 fully saturated rings. The summed E-state index contributed by atoms with van der Waals surface area (Å²) >= 11 is 0. The summed E-state index contributed by atoms with van der Waals surface area (Å²) in [5, 5.41) is 0. The quantitative estimate of drug-likeness (QED) is 0.817. The number of nitrogens with two attached hydrogens (primary N) is 1. The second kappa shape index (κ2) is 5.11. The molecule has 1 aromatic rings. The molecule has 0 unspecified atom stereocenters. The van der Waals surface area contributed by atoms with Crippen LogP contribution in [0.1, 0.15) is 18.9 Å². The summed E-state index contributed by atoms with van der Waals surface area (Å²) < 4.78 is 22.9. The van der Waals surface area contributed by atoms with Crippen LogP contribution in [0.15, 0.2) is 18.5 Å². The first kappa shape index (κ1) is 12.0. The summed E-state index contributed by atoms with van der Waals surface area (Å²) in [5.74, 6) is 0.393. The number of anilines is 1. The molecule has 1 heterocycles. The van der Waals surface area contributed by atoms with Crippen LogP contribution in [-0.2, 0) is 16.3 Å². The molecule has 0 saturated heterocycles. The maximum atomic E-state index is 11.5. The topological polar surface area (TPSA) is 73.0 Å². The largest absolute Gasteiger partial charge is 0.398 e. The third-order valence-corrected chi connectivity index (χ3v) is 4.00. The fourth-order valence-corrected chi connectivity index (χ4v) is 2.68. The number of aromatic nitrogens is 1. The number of nitrogen functional groups attached to an aromatic ring is 1. The van der Waals surface area contributed by atoms with Gasteiger partial charge < -0.3 is 5.73 Å². The Morgan fingerprint density at radius 1 is 1.40 bits per heavy atom. The van der Waals surface area contributed by atoms with Crippen LogP contribution < -0.4 is 5.73 Å². The molecule has 0 amide bonds. The molecule has 1 rings (SSSR count). The molecule has 0 aliphatic rings. The van der Waals surface area contributed by atoms with E-state index in [1.807, 2.05) is 6.92 Å². The maximum absolute atomic E-state index is 11.5. The van der Waals surface area contributed by atoms with E-state index in [-0.39, 0.29) is 11.5 Å². The standard InChI is InChI=1S/C10H16N2O2S/c1-2-6-15(13,14)7-4-9-8-12-5-3-10(9)11/h3,5,8H,2,4,6-7H2,1H3,(H2,11,12). The number of nitrogens with zero attached hydrogens (tertiary/aromatic N) is 1. The monoisotopic (exact) mass is 228 g/mol. The zero-order valence-electron chi connectivity index (χ0n) is 8.81. The lowest BCUT2D eigenvalue weighted by atomic mass is 10.2. The van der Waals surface area contributed by atoms with Gasteiger partial charge in [-0.25, -0.2) is 8.42 Å². The van der Waals surface area contributed by atoms with Crippen molar-refractivity contribution in [3.8, 4) is 0 Å². The van der Waals surface area contributed by atoms with E-state index in [0.717, 1.165) is 5.56 Å². The summed E-state index contributed by atoms with van der Waals surface area (Å²) in [6.07, 6.45) is 4.32. The van der Waals surface area contributed by atoms with E-state index in [1.54, 1.807) is 18.5 Å². The third-order valence-electron chi connectivity index (χ3n) is 2.14. The Bertz CT molecular complexity index is 415. The SMILES string of the molecule is CCCS(=O)(=O)CCc1cnccc1N. The lowest BCUT2D eigenvalue weighted by Crippen LogP contribution is -2.13. The first-order chi connectivity index (χ1) is 7.05. The molecule has 5 heteroatoms. The van der Waals surface area contributed by atoms with E-state index in [9.17, 15) is 8.42 Å². The Kier molecular flexibility index (Phi) is 4.08. The fraction of sp³-hybridized carbons (Fsp3) is 0.500. The van der Waals surface area contributed by atoms with Crippen molar-refractivity contribution in [2.45, 2.75) is 19.8 Å². The number of hydrogen-bond acceptors (Lipinski definition) is 4. The molecule has 0 radical (unpaired) electrons. The highest BCUT2D eigenvalue weighted by molar-refractivity contribution is 7.91. The highest BCUT2D eigenvalue weighted by atomic mass is 32.2. The predicted molar refractivity (Wildman–Crippen MR) is 61.3 cm³/mol.